The Kier molecular flexibility index (Phi) is 6.49. The smallest absolute Gasteiger partial charge is 0.387 e. The van der Waals surface area contributed by atoms with Gasteiger partial charge in [-0.3, -0.25) is 4.79 Å². The summed E-state index contributed by atoms with van der Waals surface area (Å²) in [6.45, 7) is 0.329. The van der Waals surface area contributed by atoms with E-state index in [0.717, 1.165) is 6.26 Å². The minimum Gasteiger partial charge on any atom is -0.435 e. The van der Waals surface area contributed by atoms with Crippen LogP contribution in [0.4, 0.5) is 8.78 Å². The third-order valence-corrected chi connectivity index (χ3v) is 5.61. The summed E-state index contributed by atoms with van der Waals surface area (Å²) >= 11 is 0. The zero-order valence-electron chi connectivity index (χ0n) is 13.5. The predicted molar refractivity (Wildman–Crippen MR) is 83.3 cm³/mol. The monoisotopic (exact) mass is 349 g/mol. The summed E-state index contributed by atoms with van der Waals surface area (Å²) in [7, 11) is -1.71. The van der Waals surface area contributed by atoms with Gasteiger partial charge in [0.1, 0.15) is 5.75 Å². The van der Waals surface area contributed by atoms with E-state index in [1.807, 2.05) is 0 Å². The zero-order chi connectivity index (χ0) is 17.8. The molecule has 0 spiro atoms. The molecule has 0 aliphatic heterocycles. The van der Waals surface area contributed by atoms with Gasteiger partial charge in [-0.1, -0.05) is 12.1 Å². The molecule has 0 aliphatic carbocycles. The molecule has 0 saturated heterocycles. The number of hydrogen-bond donors (Lipinski definition) is 0. The summed E-state index contributed by atoms with van der Waals surface area (Å²) in [6, 6.07) is 5.29. The highest BCUT2D eigenvalue weighted by molar-refractivity contribution is 7.91. The van der Waals surface area contributed by atoms with Crippen molar-refractivity contribution < 1.29 is 26.7 Å². The van der Waals surface area contributed by atoms with Crippen molar-refractivity contribution in [3.05, 3.63) is 29.8 Å². The quantitative estimate of drug-likeness (QED) is 0.756. The van der Waals surface area contributed by atoms with E-state index in [-0.39, 0.29) is 18.1 Å². The molecule has 2 atom stereocenters. The Morgan fingerprint density at radius 3 is 2.17 bits per heavy atom. The molecular weight excluding hydrogens is 328 g/mol. The molecule has 1 rings (SSSR count). The number of alkyl halides is 2. The second-order valence-corrected chi connectivity index (χ2v) is 7.88. The highest BCUT2D eigenvalue weighted by Crippen LogP contribution is 2.16. The highest BCUT2D eigenvalue weighted by atomic mass is 32.2. The maximum absolute atomic E-state index is 12.2. The maximum atomic E-state index is 12.2. The van der Waals surface area contributed by atoms with Crippen LogP contribution in [0.2, 0.25) is 0 Å². The summed E-state index contributed by atoms with van der Waals surface area (Å²) in [5, 5.41) is -0.682. The van der Waals surface area contributed by atoms with Gasteiger partial charge < -0.3 is 9.64 Å². The molecule has 1 aromatic rings. The first-order valence-electron chi connectivity index (χ1n) is 7.00. The Morgan fingerprint density at radius 2 is 1.74 bits per heavy atom. The number of amides is 1. The fourth-order valence-corrected chi connectivity index (χ4v) is 2.89. The highest BCUT2D eigenvalue weighted by Gasteiger charge is 2.27. The predicted octanol–water partition coefficient (Wildman–Crippen LogP) is 2.11. The molecule has 130 valence electrons. The van der Waals surface area contributed by atoms with E-state index in [1.54, 1.807) is 20.9 Å². The van der Waals surface area contributed by atoms with Gasteiger partial charge in [-0.2, -0.15) is 8.78 Å². The van der Waals surface area contributed by atoms with Gasteiger partial charge in [-0.15, -0.1) is 0 Å². The standard InChI is InChI=1S/C15H21F2NO4S/c1-10(11(2)23(4,20)21)18(3)14(19)9-12-5-7-13(8-6-12)22-15(16)17/h5-8,10-11,15H,9H2,1-4H3/t10-,11-/m0/s1. The Bertz CT molecular complexity index is 631. The van der Waals surface area contributed by atoms with Gasteiger partial charge in [-0.05, 0) is 31.5 Å². The number of nitrogens with zero attached hydrogens (tertiary/aromatic N) is 1. The fourth-order valence-electron chi connectivity index (χ4n) is 1.99. The summed E-state index contributed by atoms with van der Waals surface area (Å²) in [5.74, 6) is -0.237. The first kappa shape index (κ1) is 19.3. The SMILES string of the molecule is C[C@@H]([C@H](C)S(C)(=O)=O)N(C)C(=O)Cc1ccc(OC(F)F)cc1. The number of sulfone groups is 1. The van der Waals surface area contributed by atoms with Gasteiger partial charge in [0, 0.05) is 19.3 Å². The normalized spacial score (nSPS) is 14.4. The van der Waals surface area contributed by atoms with Gasteiger partial charge >= 0.3 is 6.61 Å². The number of carbonyl (C=O) groups excluding carboxylic acids is 1. The summed E-state index contributed by atoms with van der Waals surface area (Å²) < 4.78 is 51.5. The molecule has 8 heteroatoms. The van der Waals surface area contributed by atoms with Crippen molar-refractivity contribution in [3.8, 4) is 5.75 Å². The van der Waals surface area contributed by atoms with Crippen LogP contribution in [0.25, 0.3) is 0 Å². The minimum absolute atomic E-state index is 0.0172. The van der Waals surface area contributed by atoms with Crippen LogP contribution in [0.5, 0.6) is 5.75 Å². The van der Waals surface area contributed by atoms with Crippen molar-refractivity contribution >= 4 is 15.7 Å². The van der Waals surface area contributed by atoms with Crippen molar-refractivity contribution in [3.63, 3.8) is 0 Å². The molecule has 0 radical (unpaired) electrons. The van der Waals surface area contributed by atoms with E-state index in [0.29, 0.717) is 5.56 Å². The molecule has 23 heavy (non-hydrogen) atoms. The van der Waals surface area contributed by atoms with Crippen LogP contribution in [0.1, 0.15) is 19.4 Å². The minimum atomic E-state index is -3.25. The van der Waals surface area contributed by atoms with Crippen molar-refractivity contribution in [2.24, 2.45) is 0 Å². The molecule has 0 saturated carbocycles. The van der Waals surface area contributed by atoms with Crippen molar-refractivity contribution in [2.75, 3.05) is 13.3 Å². The van der Waals surface area contributed by atoms with Crippen molar-refractivity contribution in [2.45, 2.75) is 38.2 Å². The van der Waals surface area contributed by atoms with E-state index in [4.69, 9.17) is 0 Å². The maximum Gasteiger partial charge on any atom is 0.387 e. The zero-order valence-corrected chi connectivity index (χ0v) is 14.3. The molecule has 0 fully saturated rings. The lowest BCUT2D eigenvalue weighted by molar-refractivity contribution is -0.130. The van der Waals surface area contributed by atoms with Crippen LogP contribution in [0, 0.1) is 0 Å². The van der Waals surface area contributed by atoms with Crippen LogP contribution >= 0.6 is 0 Å². The van der Waals surface area contributed by atoms with E-state index in [1.165, 1.54) is 29.2 Å². The van der Waals surface area contributed by atoms with Crippen LogP contribution < -0.4 is 4.74 Å². The third kappa shape index (κ3) is 5.78. The largest absolute Gasteiger partial charge is 0.435 e. The number of carbonyl (C=O) groups is 1. The number of halogens is 2. The van der Waals surface area contributed by atoms with Gasteiger partial charge in [-0.25, -0.2) is 8.42 Å². The van der Waals surface area contributed by atoms with Crippen LogP contribution in [0.3, 0.4) is 0 Å². The first-order valence-corrected chi connectivity index (χ1v) is 8.96. The average molecular weight is 349 g/mol. The lowest BCUT2D eigenvalue weighted by Gasteiger charge is -2.29. The van der Waals surface area contributed by atoms with Gasteiger partial charge in [0.15, 0.2) is 9.84 Å². The Morgan fingerprint density at radius 1 is 1.22 bits per heavy atom. The lowest BCUT2D eigenvalue weighted by Crippen LogP contribution is -2.45. The fraction of sp³-hybridized carbons (Fsp3) is 0.533. The van der Waals surface area contributed by atoms with Gasteiger partial charge in [0.05, 0.1) is 11.7 Å². The molecule has 0 N–H and O–H groups in total. The molecule has 5 nitrogen and oxygen atoms in total. The van der Waals surface area contributed by atoms with E-state index < -0.39 is 27.7 Å². The molecule has 0 unspecified atom stereocenters. The van der Waals surface area contributed by atoms with Crippen LogP contribution in [0.15, 0.2) is 24.3 Å². The second-order valence-electron chi connectivity index (χ2n) is 5.48. The van der Waals surface area contributed by atoms with E-state index in [2.05, 4.69) is 4.74 Å². The molecule has 0 bridgehead atoms. The van der Waals surface area contributed by atoms with Crippen LogP contribution in [-0.2, 0) is 21.1 Å². The number of ether oxygens (including phenoxy) is 1. The molecule has 1 amide bonds. The molecular formula is C15H21F2NO4S. The van der Waals surface area contributed by atoms with Crippen molar-refractivity contribution in [1.29, 1.82) is 0 Å². The molecule has 0 heterocycles. The lowest BCUT2D eigenvalue weighted by atomic mass is 10.1. The average Bonchev–Trinajstić information content (AvgIpc) is 2.45. The molecule has 0 aromatic heterocycles. The Balaban J connectivity index is 2.71. The Hall–Kier alpha value is -1.70. The van der Waals surface area contributed by atoms with Gasteiger partial charge in [0.2, 0.25) is 5.91 Å². The summed E-state index contributed by atoms with van der Waals surface area (Å²) in [5.41, 5.74) is 0.627. The third-order valence-electron chi connectivity index (χ3n) is 3.86. The van der Waals surface area contributed by atoms with Crippen LogP contribution in [-0.4, -0.2) is 50.4 Å². The van der Waals surface area contributed by atoms with Gasteiger partial charge in [0.25, 0.3) is 0 Å². The van der Waals surface area contributed by atoms with Crippen molar-refractivity contribution in [1.82, 2.24) is 4.90 Å². The summed E-state index contributed by atoms with van der Waals surface area (Å²) in [6.07, 6.45) is 1.18. The molecule has 0 aliphatic rings. The summed E-state index contributed by atoms with van der Waals surface area (Å²) in [4.78, 5) is 13.6. The topological polar surface area (TPSA) is 63.7 Å². The van der Waals surface area contributed by atoms with E-state index >= 15 is 0 Å². The number of rotatable bonds is 7. The first-order chi connectivity index (χ1) is 10.5. The number of likely N-dealkylation sites (N-methyl/N-ethyl adjacent to an activating group) is 1. The second kappa shape index (κ2) is 7.72. The number of benzene rings is 1. The van der Waals surface area contributed by atoms with E-state index in [9.17, 15) is 22.0 Å². The Labute approximate surface area is 135 Å². The molecule has 1 aromatic carbocycles. The number of hydrogen-bond acceptors (Lipinski definition) is 4.